The first-order valence-corrected chi connectivity index (χ1v) is 9.82. The molecule has 4 rings (SSSR count). The molecule has 0 radical (unpaired) electrons. The molecule has 2 aromatic carbocycles. The zero-order valence-corrected chi connectivity index (χ0v) is 17.5. The molecule has 0 spiro atoms. The zero-order chi connectivity index (χ0) is 22.2. The van der Waals surface area contributed by atoms with Crippen LogP contribution >= 0.6 is 0 Å². The molecule has 1 aliphatic heterocycles. The van der Waals surface area contributed by atoms with Gasteiger partial charge in [-0.15, -0.1) is 0 Å². The molecule has 0 saturated heterocycles. The first-order valence-electron chi connectivity index (χ1n) is 9.82. The highest BCUT2D eigenvalue weighted by Gasteiger charge is 2.38. The minimum atomic E-state index is -0.684. The van der Waals surface area contributed by atoms with Gasteiger partial charge in [-0.1, -0.05) is 32.0 Å². The van der Waals surface area contributed by atoms with E-state index < -0.39 is 12.6 Å². The van der Waals surface area contributed by atoms with E-state index in [4.69, 9.17) is 4.74 Å². The Bertz CT molecular complexity index is 1180. The fraction of sp³-hybridized carbons (Fsp3) is 0.208. The molecule has 31 heavy (non-hydrogen) atoms. The van der Waals surface area contributed by atoms with Crippen LogP contribution in [0.1, 0.15) is 29.9 Å². The first-order chi connectivity index (χ1) is 14.8. The zero-order valence-electron chi connectivity index (χ0n) is 17.5. The number of hydrogen-bond acceptors (Lipinski definition) is 5. The van der Waals surface area contributed by atoms with E-state index in [1.807, 2.05) is 36.2 Å². The Morgan fingerprint density at radius 2 is 1.84 bits per heavy atom. The van der Waals surface area contributed by atoms with Crippen molar-refractivity contribution in [3.05, 3.63) is 89.9 Å². The molecule has 0 aliphatic carbocycles. The quantitative estimate of drug-likeness (QED) is 0.461. The fourth-order valence-electron chi connectivity index (χ4n) is 3.92. The SMILES string of the molecule is CN1C(=CC(=O)COC(=O)c2cncn2-c2ccc(F)cc2)C(C)(C)c2ccccc21. The van der Waals surface area contributed by atoms with E-state index in [1.165, 1.54) is 47.4 Å². The van der Waals surface area contributed by atoms with Crippen LogP contribution < -0.4 is 4.90 Å². The number of anilines is 1. The second-order valence-electron chi connectivity index (χ2n) is 7.90. The number of hydrogen-bond donors (Lipinski definition) is 0. The predicted octanol–water partition coefficient (Wildman–Crippen LogP) is 4.05. The van der Waals surface area contributed by atoms with Gasteiger partial charge in [0.1, 0.15) is 5.82 Å². The molecule has 0 unspecified atom stereocenters. The van der Waals surface area contributed by atoms with Crippen LogP contribution in [0.15, 0.2) is 72.8 Å². The van der Waals surface area contributed by atoms with E-state index in [2.05, 4.69) is 18.8 Å². The Balaban J connectivity index is 1.47. The lowest BCUT2D eigenvalue weighted by Gasteiger charge is -2.23. The number of fused-ring (bicyclic) bond motifs is 1. The van der Waals surface area contributed by atoms with Gasteiger partial charge in [0.05, 0.1) is 12.5 Å². The number of imidazole rings is 1. The maximum Gasteiger partial charge on any atom is 0.357 e. The highest BCUT2D eigenvalue weighted by Crippen LogP contribution is 2.46. The van der Waals surface area contributed by atoms with E-state index in [9.17, 15) is 14.0 Å². The van der Waals surface area contributed by atoms with Gasteiger partial charge in [0.15, 0.2) is 18.1 Å². The van der Waals surface area contributed by atoms with Crippen molar-refractivity contribution in [3.8, 4) is 5.69 Å². The number of halogens is 1. The summed E-state index contributed by atoms with van der Waals surface area (Å²) in [6.45, 7) is 3.72. The van der Waals surface area contributed by atoms with Crippen LogP contribution in [0, 0.1) is 5.82 Å². The summed E-state index contributed by atoms with van der Waals surface area (Å²) in [7, 11) is 1.92. The van der Waals surface area contributed by atoms with Crippen LogP contribution in [0.4, 0.5) is 10.1 Å². The molecule has 1 aromatic heterocycles. The summed E-state index contributed by atoms with van der Waals surface area (Å²) < 4.78 is 19.9. The van der Waals surface area contributed by atoms with Gasteiger partial charge in [-0.05, 0) is 35.9 Å². The molecule has 158 valence electrons. The molecule has 0 N–H and O–H groups in total. The Kier molecular flexibility index (Phi) is 5.19. The highest BCUT2D eigenvalue weighted by atomic mass is 19.1. The van der Waals surface area contributed by atoms with Crippen molar-refractivity contribution in [1.82, 2.24) is 9.55 Å². The van der Waals surface area contributed by atoms with Crippen LogP contribution in [-0.4, -0.2) is 35.0 Å². The summed E-state index contributed by atoms with van der Waals surface area (Å²) >= 11 is 0. The van der Waals surface area contributed by atoms with E-state index in [0.29, 0.717) is 5.69 Å². The molecule has 0 amide bonds. The number of nitrogens with zero attached hydrogens (tertiary/aromatic N) is 3. The minimum Gasteiger partial charge on any atom is -0.453 e. The number of ether oxygens (including phenoxy) is 1. The van der Waals surface area contributed by atoms with Crippen molar-refractivity contribution in [1.29, 1.82) is 0 Å². The van der Waals surface area contributed by atoms with Crippen molar-refractivity contribution in [2.45, 2.75) is 19.3 Å². The second-order valence-corrected chi connectivity index (χ2v) is 7.90. The van der Waals surface area contributed by atoms with Crippen LogP contribution in [0.25, 0.3) is 5.69 Å². The maximum absolute atomic E-state index is 13.2. The highest BCUT2D eigenvalue weighted by molar-refractivity contribution is 5.96. The summed E-state index contributed by atoms with van der Waals surface area (Å²) in [4.78, 5) is 31.1. The molecule has 0 fully saturated rings. The number of esters is 1. The number of benzene rings is 2. The summed E-state index contributed by atoms with van der Waals surface area (Å²) in [5.74, 6) is -1.38. The van der Waals surface area contributed by atoms with Gasteiger partial charge in [0.25, 0.3) is 0 Å². The number of carbonyl (C=O) groups is 2. The lowest BCUT2D eigenvalue weighted by Crippen LogP contribution is -2.25. The van der Waals surface area contributed by atoms with Crippen molar-refractivity contribution >= 4 is 17.4 Å². The monoisotopic (exact) mass is 419 g/mol. The summed E-state index contributed by atoms with van der Waals surface area (Å²) in [5, 5.41) is 0. The topological polar surface area (TPSA) is 64.4 Å². The summed E-state index contributed by atoms with van der Waals surface area (Å²) in [5.41, 5.74) is 3.39. The molecule has 2 heterocycles. The summed E-state index contributed by atoms with van der Waals surface area (Å²) in [6, 6.07) is 13.6. The molecule has 0 saturated carbocycles. The van der Waals surface area contributed by atoms with Crippen LogP contribution in [0.2, 0.25) is 0 Å². The number of carbonyl (C=O) groups excluding carboxylic acids is 2. The van der Waals surface area contributed by atoms with Crippen molar-refractivity contribution < 1.29 is 18.7 Å². The summed E-state index contributed by atoms with van der Waals surface area (Å²) in [6.07, 6.45) is 4.31. The van der Waals surface area contributed by atoms with Crippen molar-refractivity contribution in [2.75, 3.05) is 18.6 Å². The predicted molar refractivity (Wildman–Crippen MR) is 115 cm³/mol. The lowest BCUT2D eigenvalue weighted by molar-refractivity contribution is -0.117. The third kappa shape index (κ3) is 3.74. The second kappa shape index (κ2) is 7.83. The van der Waals surface area contributed by atoms with Gasteiger partial charge in [0, 0.05) is 35.6 Å². The lowest BCUT2D eigenvalue weighted by atomic mass is 9.83. The first kappa shape index (κ1) is 20.5. The van der Waals surface area contributed by atoms with E-state index in [1.54, 1.807) is 0 Å². The van der Waals surface area contributed by atoms with E-state index in [0.717, 1.165) is 16.9 Å². The molecule has 1 aliphatic rings. The van der Waals surface area contributed by atoms with Gasteiger partial charge >= 0.3 is 5.97 Å². The smallest absolute Gasteiger partial charge is 0.357 e. The van der Waals surface area contributed by atoms with Crippen LogP contribution in [0.5, 0.6) is 0 Å². The molecule has 7 heteroatoms. The normalized spacial score (nSPS) is 15.7. The molecular weight excluding hydrogens is 397 g/mol. The Morgan fingerprint density at radius 1 is 1.13 bits per heavy atom. The number of likely N-dealkylation sites (N-methyl/N-ethyl adjacent to an activating group) is 1. The van der Waals surface area contributed by atoms with Crippen LogP contribution in [-0.2, 0) is 14.9 Å². The van der Waals surface area contributed by atoms with E-state index in [-0.39, 0.29) is 22.7 Å². The molecule has 3 aromatic rings. The Morgan fingerprint density at radius 3 is 2.55 bits per heavy atom. The van der Waals surface area contributed by atoms with Gasteiger partial charge in [-0.2, -0.15) is 0 Å². The maximum atomic E-state index is 13.2. The molecule has 0 atom stereocenters. The third-order valence-corrected chi connectivity index (χ3v) is 5.54. The number of ketones is 1. The number of aromatic nitrogens is 2. The van der Waals surface area contributed by atoms with Crippen molar-refractivity contribution in [3.63, 3.8) is 0 Å². The average Bonchev–Trinajstić information content (AvgIpc) is 3.31. The number of rotatable bonds is 5. The van der Waals surface area contributed by atoms with Gasteiger partial charge in [-0.25, -0.2) is 14.2 Å². The number of para-hydroxylation sites is 1. The van der Waals surface area contributed by atoms with Gasteiger partial charge < -0.3 is 9.64 Å². The largest absolute Gasteiger partial charge is 0.453 e. The molecule has 6 nitrogen and oxygen atoms in total. The van der Waals surface area contributed by atoms with Gasteiger partial charge in [0.2, 0.25) is 0 Å². The Labute approximate surface area is 179 Å². The fourth-order valence-corrected chi connectivity index (χ4v) is 3.92. The van der Waals surface area contributed by atoms with Crippen LogP contribution in [0.3, 0.4) is 0 Å². The standard InChI is InChI=1S/C24H22FN3O3/c1-24(2)19-6-4-5-7-20(19)27(3)22(24)12-18(29)14-31-23(30)21-13-26-15-28(21)17-10-8-16(25)9-11-17/h4-13,15H,14H2,1-3H3. The van der Waals surface area contributed by atoms with Gasteiger partial charge in [-0.3, -0.25) is 9.36 Å². The Hall–Kier alpha value is -3.74. The minimum absolute atomic E-state index is 0.151. The van der Waals surface area contributed by atoms with Crippen molar-refractivity contribution in [2.24, 2.45) is 0 Å². The third-order valence-electron chi connectivity index (χ3n) is 5.54. The number of allylic oxidation sites excluding steroid dienone is 1. The molecule has 0 bridgehead atoms. The average molecular weight is 419 g/mol. The van der Waals surface area contributed by atoms with E-state index >= 15 is 0 Å². The molecular formula is C24H22FN3O3.